The number of rotatable bonds is 1. The van der Waals surface area contributed by atoms with Gasteiger partial charge in [-0.3, -0.25) is 4.79 Å². The zero-order valence-electron chi connectivity index (χ0n) is 9.72. The molecule has 0 bridgehead atoms. The Balaban J connectivity index is 2.14. The number of aromatic nitrogens is 2. The standard InChI is InChI=1S/C12H17IN2O/c1-12(2)5-3-8(4-6-12)10-14-7-9(13)11(16)15-10/h7-8H,3-6H2,1-2H3,(H,14,15,16). The molecule has 0 aromatic carbocycles. The summed E-state index contributed by atoms with van der Waals surface area (Å²) in [4.78, 5) is 18.8. The second kappa shape index (κ2) is 4.47. The van der Waals surface area contributed by atoms with Gasteiger partial charge in [-0.1, -0.05) is 13.8 Å². The van der Waals surface area contributed by atoms with E-state index in [1.54, 1.807) is 6.20 Å². The van der Waals surface area contributed by atoms with Gasteiger partial charge in [0.05, 0.1) is 3.57 Å². The zero-order chi connectivity index (χ0) is 11.8. The Kier molecular flexibility index (Phi) is 3.37. The van der Waals surface area contributed by atoms with Gasteiger partial charge in [-0.2, -0.15) is 0 Å². The largest absolute Gasteiger partial charge is 0.309 e. The minimum atomic E-state index is -0.00423. The van der Waals surface area contributed by atoms with E-state index >= 15 is 0 Å². The Labute approximate surface area is 109 Å². The molecule has 1 aromatic rings. The molecule has 1 N–H and O–H groups in total. The Morgan fingerprint density at radius 2 is 2.06 bits per heavy atom. The lowest BCUT2D eigenvalue weighted by Crippen LogP contribution is -2.23. The van der Waals surface area contributed by atoms with Crippen LogP contribution in [0.5, 0.6) is 0 Å². The highest BCUT2D eigenvalue weighted by atomic mass is 127. The molecule has 1 heterocycles. The quantitative estimate of drug-likeness (QED) is 0.804. The maximum Gasteiger partial charge on any atom is 0.264 e. The Morgan fingerprint density at radius 1 is 1.44 bits per heavy atom. The monoisotopic (exact) mass is 332 g/mol. The lowest BCUT2D eigenvalue weighted by Gasteiger charge is -2.33. The maximum atomic E-state index is 11.5. The first-order chi connectivity index (χ1) is 7.48. The second-order valence-corrected chi connectivity index (χ2v) is 6.55. The number of halogens is 1. The van der Waals surface area contributed by atoms with Crippen molar-refractivity contribution in [2.45, 2.75) is 45.4 Å². The number of H-pyrrole nitrogens is 1. The van der Waals surface area contributed by atoms with E-state index in [1.807, 2.05) is 22.6 Å². The predicted molar refractivity (Wildman–Crippen MR) is 72.6 cm³/mol. The molecule has 0 aliphatic heterocycles. The molecule has 2 rings (SSSR count). The van der Waals surface area contributed by atoms with E-state index in [9.17, 15) is 4.79 Å². The van der Waals surface area contributed by atoms with Crippen LogP contribution in [-0.4, -0.2) is 9.97 Å². The molecule has 0 atom stereocenters. The lowest BCUT2D eigenvalue weighted by molar-refractivity contribution is 0.220. The molecule has 0 saturated heterocycles. The fourth-order valence-corrected chi connectivity index (χ4v) is 2.55. The molecule has 1 aliphatic rings. The van der Waals surface area contributed by atoms with E-state index in [4.69, 9.17) is 0 Å². The minimum Gasteiger partial charge on any atom is -0.309 e. The van der Waals surface area contributed by atoms with Crippen LogP contribution in [0.1, 0.15) is 51.3 Å². The van der Waals surface area contributed by atoms with Gasteiger partial charge in [0.15, 0.2) is 0 Å². The van der Waals surface area contributed by atoms with Crippen LogP contribution in [-0.2, 0) is 0 Å². The van der Waals surface area contributed by atoms with Gasteiger partial charge in [-0.25, -0.2) is 4.98 Å². The summed E-state index contributed by atoms with van der Waals surface area (Å²) in [5.41, 5.74) is 0.454. The van der Waals surface area contributed by atoms with Crippen LogP contribution in [0.3, 0.4) is 0 Å². The Bertz CT molecular complexity index is 429. The van der Waals surface area contributed by atoms with E-state index in [-0.39, 0.29) is 5.56 Å². The van der Waals surface area contributed by atoms with Crippen LogP contribution in [0.2, 0.25) is 0 Å². The summed E-state index contributed by atoms with van der Waals surface area (Å²) in [5, 5.41) is 0. The van der Waals surface area contributed by atoms with E-state index in [0.29, 0.717) is 14.9 Å². The highest BCUT2D eigenvalue weighted by Crippen LogP contribution is 2.41. The van der Waals surface area contributed by atoms with Crippen LogP contribution in [0, 0.1) is 8.99 Å². The number of nitrogens with one attached hydrogen (secondary N) is 1. The summed E-state index contributed by atoms with van der Waals surface area (Å²) in [6, 6.07) is 0. The van der Waals surface area contributed by atoms with Crippen molar-refractivity contribution in [2.75, 3.05) is 0 Å². The van der Waals surface area contributed by atoms with Crippen LogP contribution >= 0.6 is 22.6 Å². The van der Waals surface area contributed by atoms with Crippen molar-refractivity contribution in [3.05, 3.63) is 25.9 Å². The van der Waals surface area contributed by atoms with Crippen molar-refractivity contribution < 1.29 is 0 Å². The van der Waals surface area contributed by atoms with Crippen LogP contribution in [0.15, 0.2) is 11.0 Å². The maximum absolute atomic E-state index is 11.5. The van der Waals surface area contributed by atoms with Crippen molar-refractivity contribution in [3.63, 3.8) is 0 Å². The average Bonchev–Trinajstić information content (AvgIpc) is 2.22. The third-order valence-corrected chi connectivity index (χ3v) is 4.27. The molecule has 1 aliphatic carbocycles. The van der Waals surface area contributed by atoms with Crippen molar-refractivity contribution >= 4 is 22.6 Å². The molecule has 88 valence electrons. The smallest absolute Gasteiger partial charge is 0.264 e. The van der Waals surface area contributed by atoms with Gasteiger partial charge in [0.25, 0.3) is 5.56 Å². The number of nitrogens with zero attached hydrogens (tertiary/aromatic N) is 1. The molecule has 4 heteroatoms. The van der Waals surface area contributed by atoms with Gasteiger partial charge in [0, 0.05) is 12.1 Å². The summed E-state index contributed by atoms with van der Waals surface area (Å²) in [6.07, 6.45) is 6.38. The normalized spacial score (nSPS) is 20.9. The van der Waals surface area contributed by atoms with Crippen LogP contribution in [0.25, 0.3) is 0 Å². The first-order valence-electron chi connectivity index (χ1n) is 5.73. The summed E-state index contributed by atoms with van der Waals surface area (Å²) < 4.78 is 0.664. The molecular formula is C12H17IN2O. The molecular weight excluding hydrogens is 315 g/mol. The van der Waals surface area contributed by atoms with Gasteiger partial charge < -0.3 is 4.98 Å². The predicted octanol–water partition coefficient (Wildman–Crippen LogP) is 3.06. The second-order valence-electron chi connectivity index (χ2n) is 5.38. The average molecular weight is 332 g/mol. The van der Waals surface area contributed by atoms with Crippen molar-refractivity contribution in [1.29, 1.82) is 0 Å². The number of hydrogen-bond acceptors (Lipinski definition) is 2. The minimum absolute atomic E-state index is 0.00423. The fraction of sp³-hybridized carbons (Fsp3) is 0.667. The van der Waals surface area contributed by atoms with Crippen LogP contribution in [0.4, 0.5) is 0 Å². The van der Waals surface area contributed by atoms with Crippen molar-refractivity contribution in [1.82, 2.24) is 9.97 Å². The van der Waals surface area contributed by atoms with Gasteiger partial charge in [-0.15, -0.1) is 0 Å². The molecule has 1 aromatic heterocycles. The molecule has 16 heavy (non-hydrogen) atoms. The SMILES string of the molecule is CC1(C)CCC(c2ncc(I)c(=O)[nH]2)CC1. The summed E-state index contributed by atoms with van der Waals surface area (Å²) in [6.45, 7) is 4.63. The number of aromatic amines is 1. The van der Waals surface area contributed by atoms with Crippen molar-refractivity contribution in [2.24, 2.45) is 5.41 Å². The molecule has 1 saturated carbocycles. The Hall–Kier alpha value is -0.390. The number of hydrogen-bond donors (Lipinski definition) is 1. The summed E-state index contributed by atoms with van der Waals surface area (Å²) in [5.74, 6) is 1.32. The van der Waals surface area contributed by atoms with Gasteiger partial charge in [-0.05, 0) is 53.7 Å². The van der Waals surface area contributed by atoms with Gasteiger partial charge in [0.2, 0.25) is 0 Å². The molecule has 0 amide bonds. The molecule has 0 unspecified atom stereocenters. The van der Waals surface area contributed by atoms with E-state index in [1.165, 1.54) is 12.8 Å². The van der Waals surface area contributed by atoms with Gasteiger partial charge >= 0.3 is 0 Å². The van der Waals surface area contributed by atoms with Crippen molar-refractivity contribution in [3.8, 4) is 0 Å². The third kappa shape index (κ3) is 2.64. The Morgan fingerprint density at radius 3 is 2.62 bits per heavy atom. The topological polar surface area (TPSA) is 45.8 Å². The zero-order valence-corrected chi connectivity index (χ0v) is 11.9. The fourth-order valence-electron chi connectivity index (χ4n) is 2.27. The molecule has 0 spiro atoms. The summed E-state index contributed by atoms with van der Waals surface area (Å²) in [7, 11) is 0. The highest BCUT2D eigenvalue weighted by molar-refractivity contribution is 14.1. The van der Waals surface area contributed by atoms with E-state index in [2.05, 4.69) is 23.8 Å². The first kappa shape index (κ1) is 12.1. The molecule has 0 radical (unpaired) electrons. The van der Waals surface area contributed by atoms with Gasteiger partial charge in [0.1, 0.15) is 5.82 Å². The molecule has 1 fully saturated rings. The van der Waals surface area contributed by atoms with E-state index in [0.717, 1.165) is 18.7 Å². The summed E-state index contributed by atoms with van der Waals surface area (Å²) >= 11 is 2.01. The lowest BCUT2D eigenvalue weighted by atomic mass is 9.73. The third-order valence-electron chi connectivity index (χ3n) is 3.50. The first-order valence-corrected chi connectivity index (χ1v) is 6.80. The molecule has 3 nitrogen and oxygen atoms in total. The van der Waals surface area contributed by atoms with Crippen LogP contribution < -0.4 is 5.56 Å². The highest BCUT2D eigenvalue weighted by Gasteiger charge is 2.28. The van der Waals surface area contributed by atoms with E-state index < -0.39 is 0 Å².